The number of hydrogen-bond acceptors (Lipinski definition) is 12. The van der Waals surface area contributed by atoms with Crippen LogP contribution in [0.4, 0.5) is 0 Å². The zero-order valence-electron chi connectivity index (χ0n) is 30.6. The number of carbonyl (C=O) groups is 4. The smallest absolute Gasteiger partial charge is 0.351 e. The Labute approximate surface area is 307 Å². The number of benzene rings is 2. The van der Waals surface area contributed by atoms with Crippen LogP contribution in [0.25, 0.3) is 21.9 Å². The molecule has 0 amide bonds. The monoisotopic (exact) mass is 780 g/mol. The Balaban J connectivity index is 1.34. The fraction of sp³-hybridized carbons (Fsp3) is 0.564. The number of esters is 4. The van der Waals surface area contributed by atoms with E-state index in [9.17, 15) is 24.0 Å². The van der Waals surface area contributed by atoms with Gasteiger partial charge in [0.25, 0.3) is 0 Å². The van der Waals surface area contributed by atoms with Crippen molar-refractivity contribution in [3.63, 3.8) is 0 Å². The van der Waals surface area contributed by atoms with E-state index in [1.165, 1.54) is 13.2 Å². The van der Waals surface area contributed by atoms with Gasteiger partial charge in [-0.1, -0.05) is 43.6 Å². The van der Waals surface area contributed by atoms with E-state index < -0.39 is 80.0 Å². The third-order valence-corrected chi connectivity index (χ3v) is 14.5. The van der Waals surface area contributed by atoms with E-state index in [-0.39, 0.29) is 51.8 Å². The molecule has 0 radical (unpaired) electrons. The van der Waals surface area contributed by atoms with Crippen LogP contribution in [0.15, 0.2) is 37.9 Å². The third kappa shape index (κ3) is 3.90. The van der Waals surface area contributed by atoms with Gasteiger partial charge in [0, 0.05) is 21.4 Å². The summed E-state index contributed by atoms with van der Waals surface area (Å²) in [5, 5.41) is 0.334. The highest BCUT2D eigenvalue weighted by atomic mass is 79.9. The molecule has 1 aromatic heterocycles. The van der Waals surface area contributed by atoms with E-state index in [1.54, 1.807) is 45.9 Å². The minimum absolute atomic E-state index is 0.00466. The number of fused-ring (bicyclic) bond motifs is 8. The van der Waals surface area contributed by atoms with Crippen molar-refractivity contribution in [3.8, 4) is 11.5 Å². The molecule has 52 heavy (non-hydrogen) atoms. The van der Waals surface area contributed by atoms with Crippen molar-refractivity contribution in [2.45, 2.75) is 110 Å². The molecule has 4 heterocycles. The first-order valence-electron chi connectivity index (χ1n) is 17.5. The molecular formula is C39H41BrO12. The summed E-state index contributed by atoms with van der Waals surface area (Å²) in [5.74, 6) is -2.32. The van der Waals surface area contributed by atoms with Gasteiger partial charge in [-0.2, -0.15) is 0 Å². The SMILES string of the molecule is COc1cc2c(c3oc4cc(Br)ccc4c(=O)c13)[C@@H](OC(=O)[C@@]13CC[C@@](C)(C(=O)O1)C3(C)C)[C@@H](OC(=O)[C@@]13CC[C@@](C)(C(=O)O1)C3(C)C)C(C)(C)O2. The van der Waals surface area contributed by atoms with Gasteiger partial charge < -0.3 is 32.8 Å². The average molecular weight is 782 g/mol. The molecule has 2 aromatic carbocycles. The van der Waals surface area contributed by atoms with Crippen molar-refractivity contribution in [1.29, 1.82) is 0 Å². The van der Waals surface area contributed by atoms with Crippen molar-refractivity contribution < 1.29 is 52.0 Å². The average Bonchev–Trinajstić information content (AvgIpc) is 3.53. The summed E-state index contributed by atoms with van der Waals surface area (Å²) in [6, 6.07) is 6.50. The molecule has 6 atom stereocenters. The lowest BCUT2D eigenvalue weighted by molar-refractivity contribution is -0.217. The highest BCUT2D eigenvalue weighted by Gasteiger charge is 2.78. The van der Waals surface area contributed by atoms with E-state index >= 15 is 0 Å². The second kappa shape index (κ2) is 10.3. The van der Waals surface area contributed by atoms with Gasteiger partial charge in [0.2, 0.25) is 16.6 Å². The van der Waals surface area contributed by atoms with E-state index in [0.29, 0.717) is 17.3 Å². The molecule has 276 valence electrons. The first-order valence-corrected chi connectivity index (χ1v) is 18.3. The molecule has 13 heteroatoms. The molecule has 3 aromatic rings. The summed E-state index contributed by atoms with van der Waals surface area (Å²) in [7, 11) is 1.41. The van der Waals surface area contributed by atoms with Gasteiger partial charge >= 0.3 is 23.9 Å². The quantitative estimate of drug-likeness (QED) is 0.155. The maximum atomic E-state index is 14.7. The zero-order chi connectivity index (χ0) is 37.8. The Morgan fingerprint density at radius 2 is 1.33 bits per heavy atom. The normalized spacial score (nSPS) is 34.4. The van der Waals surface area contributed by atoms with Crippen molar-refractivity contribution in [3.05, 3.63) is 44.5 Å². The summed E-state index contributed by atoms with van der Waals surface area (Å²) in [4.78, 5) is 69.8. The Morgan fingerprint density at radius 1 is 0.769 bits per heavy atom. The lowest BCUT2D eigenvalue weighted by Gasteiger charge is -2.46. The maximum absolute atomic E-state index is 14.7. The number of halogens is 1. The topological polar surface area (TPSA) is 154 Å². The van der Waals surface area contributed by atoms with Crippen LogP contribution in [-0.4, -0.2) is 53.9 Å². The van der Waals surface area contributed by atoms with Crippen LogP contribution >= 0.6 is 15.9 Å². The molecule has 4 bridgehead atoms. The lowest BCUT2D eigenvalue weighted by atomic mass is 9.66. The molecule has 2 saturated carbocycles. The second-order valence-corrected chi connectivity index (χ2v) is 17.9. The molecule has 4 fully saturated rings. The summed E-state index contributed by atoms with van der Waals surface area (Å²) < 4.78 is 44.0. The summed E-state index contributed by atoms with van der Waals surface area (Å²) >= 11 is 3.44. The van der Waals surface area contributed by atoms with Crippen LogP contribution in [0.2, 0.25) is 0 Å². The Morgan fingerprint density at radius 3 is 1.83 bits per heavy atom. The van der Waals surface area contributed by atoms with Crippen molar-refractivity contribution in [2.75, 3.05) is 7.11 Å². The molecule has 3 aliphatic heterocycles. The molecule has 0 spiro atoms. The van der Waals surface area contributed by atoms with Gasteiger partial charge in [0.15, 0.2) is 17.8 Å². The van der Waals surface area contributed by atoms with Gasteiger partial charge in [0.05, 0.1) is 28.9 Å². The van der Waals surface area contributed by atoms with Crippen LogP contribution in [0.5, 0.6) is 11.5 Å². The molecule has 0 unspecified atom stereocenters. The molecule has 0 N–H and O–H groups in total. The standard InChI is InChI=1S/C39H41BrO12/c1-33(2)28(49-32(45)39-15-13-37(8,30(43)52-39)35(39,5)6)27(48-31(44)38-14-12-36(7,29(42)51-38)34(38,3)4)24-22(50-33)17-21(46-9)23-25(41)19-11-10-18(40)16-20(19)47-26(23)24/h10-11,16-17,27-28H,12-15H2,1-9H3/t27-,28-,36+,37+,38-,39-/m1/s1. The Kier molecular flexibility index (Phi) is 6.92. The number of hydrogen-bond donors (Lipinski definition) is 0. The molecule has 12 nitrogen and oxygen atoms in total. The van der Waals surface area contributed by atoms with E-state index in [1.807, 2.05) is 27.7 Å². The maximum Gasteiger partial charge on any atom is 0.351 e. The van der Waals surface area contributed by atoms with Crippen molar-refractivity contribution in [1.82, 2.24) is 0 Å². The zero-order valence-corrected chi connectivity index (χ0v) is 32.2. The van der Waals surface area contributed by atoms with Crippen LogP contribution in [0.1, 0.15) is 92.7 Å². The first kappa shape index (κ1) is 34.9. The fourth-order valence-electron chi connectivity index (χ4n) is 9.48. The number of methoxy groups -OCH3 is 1. The minimum atomic E-state index is -1.65. The molecule has 2 aliphatic carbocycles. The van der Waals surface area contributed by atoms with Crippen LogP contribution in [0, 0.1) is 21.7 Å². The molecule has 2 saturated heterocycles. The van der Waals surface area contributed by atoms with E-state index in [2.05, 4.69) is 15.9 Å². The highest BCUT2D eigenvalue weighted by molar-refractivity contribution is 9.10. The van der Waals surface area contributed by atoms with E-state index in [0.717, 1.165) is 0 Å². The van der Waals surface area contributed by atoms with Gasteiger partial charge in [-0.05, 0) is 71.6 Å². The van der Waals surface area contributed by atoms with E-state index in [4.69, 9.17) is 32.8 Å². The van der Waals surface area contributed by atoms with Gasteiger partial charge in [-0.3, -0.25) is 14.4 Å². The molecule has 8 rings (SSSR count). The number of carbonyl (C=O) groups excluding carboxylic acids is 4. The summed E-state index contributed by atoms with van der Waals surface area (Å²) in [6.07, 6.45) is -1.57. The summed E-state index contributed by atoms with van der Waals surface area (Å²) in [6.45, 7) is 14.2. The Hall–Kier alpha value is -4.13. The van der Waals surface area contributed by atoms with Crippen LogP contribution in [-0.2, 0) is 38.1 Å². The number of rotatable bonds is 5. The fourth-order valence-corrected chi connectivity index (χ4v) is 9.82. The summed E-state index contributed by atoms with van der Waals surface area (Å²) in [5.41, 5.74) is -8.47. The van der Waals surface area contributed by atoms with Gasteiger partial charge in [-0.15, -0.1) is 0 Å². The van der Waals surface area contributed by atoms with Gasteiger partial charge in [0.1, 0.15) is 28.1 Å². The molecule has 5 aliphatic rings. The predicted molar refractivity (Wildman–Crippen MR) is 188 cm³/mol. The highest BCUT2D eigenvalue weighted by Crippen LogP contribution is 2.68. The lowest BCUT2D eigenvalue weighted by Crippen LogP contribution is -2.57. The number of ether oxygens (including phenoxy) is 6. The van der Waals surface area contributed by atoms with Gasteiger partial charge in [-0.25, -0.2) is 9.59 Å². The van der Waals surface area contributed by atoms with Crippen molar-refractivity contribution in [2.24, 2.45) is 21.7 Å². The third-order valence-electron chi connectivity index (χ3n) is 14.0. The van der Waals surface area contributed by atoms with Crippen LogP contribution in [0.3, 0.4) is 0 Å². The first-order chi connectivity index (χ1) is 24.1. The Bertz CT molecular complexity index is 2240. The van der Waals surface area contributed by atoms with Crippen LogP contribution < -0.4 is 14.9 Å². The largest absolute Gasteiger partial charge is 0.496 e. The second-order valence-electron chi connectivity index (χ2n) is 17.0. The predicted octanol–water partition coefficient (Wildman–Crippen LogP) is 6.63. The molecular weight excluding hydrogens is 740 g/mol. The van der Waals surface area contributed by atoms with Crippen molar-refractivity contribution >= 4 is 61.7 Å². The minimum Gasteiger partial charge on any atom is -0.496 e.